The molecule has 0 aliphatic carbocycles. The van der Waals surface area contributed by atoms with Gasteiger partial charge in [0.2, 0.25) is 5.76 Å². The van der Waals surface area contributed by atoms with Gasteiger partial charge in [0.1, 0.15) is 5.58 Å². The Bertz CT molecular complexity index is 1280. The topological polar surface area (TPSA) is 91.1 Å². The number of hydrogen-bond acceptors (Lipinski definition) is 5. The van der Waals surface area contributed by atoms with E-state index >= 15 is 0 Å². The number of β-amino-alcohol motifs (C(OH)–C–C–N with tert-alkyl or cyclic N) is 1. The van der Waals surface area contributed by atoms with Gasteiger partial charge < -0.3 is 19.3 Å². The van der Waals surface area contributed by atoms with E-state index in [2.05, 4.69) is 0 Å². The number of amides is 2. The van der Waals surface area contributed by atoms with Gasteiger partial charge in [-0.25, -0.2) is 0 Å². The number of aryl methyl sites for hydroxylation is 1. The summed E-state index contributed by atoms with van der Waals surface area (Å²) in [5.41, 5.74) is 0.288. The van der Waals surface area contributed by atoms with Crippen LogP contribution in [0.1, 0.15) is 27.2 Å². The van der Waals surface area contributed by atoms with E-state index in [-0.39, 0.29) is 24.5 Å². The maximum atomic E-state index is 13.6. The Morgan fingerprint density at radius 1 is 1.10 bits per heavy atom. The highest BCUT2D eigenvalue weighted by Crippen LogP contribution is 2.51. The molecular formula is C22H18N2O5. The second kappa shape index (κ2) is 5.78. The van der Waals surface area contributed by atoms with Crippen molar-refractivity contribution in [1.82, 2.24) is 4.90 Å². The molecule has 0 saturated carbocycles. The first-order valence-electron chi connectivity index (χ1n) is 9.31. The van der Waals surface area contributed by atoms with Crippen molar-refractivity contribution < 1.29 is 19.1 Å². The summed E-state index contributed by atoms with van der Waals surface area (Å²) in [6.45, 7) is 1.40. The lowest BCUT2D eigenvalue weighted by Gasteiger charge is -2.33. The monoisotopic (exact) mass is 390 g/mol. The van der Waals surface area contributed by atoms with Crippen molar-refractivity contribution >= 4 is 28.5 Å². The number of aliphatic hydroxyl groups excluding tert-OH is 1. The van der Waals surface area contributed by atoms with Crippen molar-refractivity contribution in [3.63, 3.8) is 0 Å². The fourth-order valence-corrected chi connectivity index (χ4v) is 4.61. The largest absolute Gasteiger partial charge is 0.450 e. The van der Waals surface area contributed by atoms with E-state index in [0.29, 0.717) is 22.2 Å². The van der Waals surface area contributed by atoms with Gasteiger partial charge in [-0.15, -0.1) is 0 Å². The molecule has 7 heteroatoms. The molecule has 7 nitrogen and oxygen atoms in total. The fraction of sp³-hybridized carbons (Fsp3) is 0.227. The van der Waals surface area contributed by atoms with E-state index in [0.717, 1.165) is 5.56 Å². The number of rotatable bonds is 2. The summed E-state index contributed by atoms with van der Waals surface area (Å²) in [4.78, 5) is 43.2. The number of fused-ring (bicyclic) bond motifs is 5. The number of likely N-dealkylation sites (N-methyl/N-ethyl adjacent to an activating group) is 1. The fourth-order valence-electron chi connectivity index (χ4n) is 4.61. The normalized spacial score (nSPS) is 20.1. The van der Waals surface area contributed by atoms with Crippen molar-refractivity contribution in [3.05, 3.63) is 75.1 Å². The number of carbonyl (C=O) groups excluding carboxylic acids is 2. The molecule has 0 bridgehead atoms. The number of hydrogen-bond donors (Lipinski definition) is 1. The first-order valence-corrected chi connectivity index (χ1v) is 9.31. The number of nitrogens with zero attached hydrogens (tertiary/aromatic N) is 2. The minimum Gasteiger partial charge on any atom is -0.450 e. The molecular weight excluding hydrogens is 372 g/mol. The molecule has 1 N–H and O–H groups in total. The van der Waals surface area contributed by atoms with Crippen LogP contribution >= 0.6 is 0 Å². The molecule has 0 radical (unpaired) electrons. The van der Waals surface area contributed by atoms with Crippen LogP contribution in [0.4, 0.5) is 5.69 Å². The second-order valence-electron chi connectivity index (χ2n) is 7.41. The zero-order chi connectivity index (χ0) is 20.5. The van der Waals surface area contributed by atoms with E-state index in [1.54, 1.807) is 49.5 Å². The average molecular weight is 390 g/mol. The zero-order valence-corrected chi connectivity index (χ0v) is 15.9. The Balaban J connectivity index is 1.96. The smallest absolute Gasteiger partial charge is 0.291 e. The lowest BCUT2D eigenvalue weighted by Crippen LogP contribution is -2.53. The first kappa shape index (κ1) is 17.6. The molecule has 2 aromatic carbocycles. The van der Waals surface area contributed by atoms with Gasteiger partial charge in [-0.3, -0.25) is 14.4 Å². The van der Waals surface area contributed by atoms with Crippen LogP contribution in [0.2, 0.25) is 0 Å². The zero-order valence-electron chi connectivity index (χ0n) is 15.9. The lowest BCUT2D eigenvalue weighted by atomic mass is 9.84. The average Bonchev–Trinajstić information content (AvgIpc) is 3.09. The third kappa shape index (κ3) is 1.97. The number of benzene rings is 2. The van der Waals surface area contributed by atoms with Crippen molar-refractivity contribution in [2.75, 3.05) is 25.1 Å². The van der Waals surface area contributed by atoms with Crippen molar-refractivity contribution in [2.45, 2.75) is 12.5 Å². The highest BCUT2D eigenvalue weighted by Gasteiger charge is 2.64. The minimum absolute atomic E-state index is 0.0239. The maximum absolute atomic E-state index is 13.6. The maximum Gasteiger partial charge on any atom is 0.291 e. The van der Waals surface area contributed by atoms with Crippen LogP contribution in [0.3, 0.4) is 0 Å². The molecule has 0 saturated heterocycles. The summed E-state index contributed by atoms with van der Waals surface area (Å²) in [6, 6.07) is 12.2. The molecule has 2 aliphatic rings. The Labute approximate surface area is 165 Å². The summed E-state index contributed by atoms with van der Waals surface area (Å²) >= 11 is 0. The molecule has 29 heavy (non-hydrogen) atoms. The van der Waals surface area contributed by atoms with Crippen LogP contribution in [0.5, 0.6) is 0 Å². The predicted molar refractivity (Wildman–Crippen MR) is 106 cm³/mol. The second-order valence-corrected chi connectivity index (χ2v) is 7.41. The van der Waals surface area contributed by atoms with Crippen molar-refractivity contribution in [2.24, 2.45) is 0 Å². The summed E-state index contributed by atoms with van der Waals surface area (Å²) in [5, 5.41) is 9.96. The summed E-state index contributed by atoms with van der Waals surface area (Å²) in [6.07, 6.45) is 0. The lowest BCUT2D eigenvalue weighted by molar-refractivity contribution is -0.125. The molecule has 1 aromatic heterocycles. The van der Waals surface area contributed by atoms with E-state index in [1.807, 2.05) is 6.92 Å². The number of para-hydroxylation sites is 1. The number of carbonyl (C=O) groups is 2. The van der Waals surface area contributed by atoms with E-state index in [1.165, 1.54) is 9.80 Å². The molecule has 3 aromatic rings. The van der Waals surface area contributed by atoms with Gasteiger partial charge in [0, 0.05) is 24.8 Å². The van der Waals surface area contributed by atoms with Crippen LogP contribution in [0.25, 0.3) is 11.0 Å². The van der Waals surface area contributed by atoms with E-state index in [9.17, 15) is 19.5 Å². The summed E-state index contributed by atoms with van der Waals surface area (Å²) < 4.78 is 5.87. The van der Waals surface area contributed by atoms with Gasteiger partial charge in [-0.1, -0.05) is 29.8 Å². The summed E-state index contributed by atoms with van der Waals surface area (Å²) in [7, 11) is 1.61. The van der Waals surface area contributed by atoms with Crippen LogP contribution in [0, 0.1) is 6.92 Å². The SMILES string of the molecule is Cc1ccc2oc3c(c(=O)c2c1)[C@@]1(C(=O)N(C)c2ccccc21)N(CCO)C3=O. The van der Waals surface area contributed by atoms with Gasteiger partial charge in [-0.2, -0.15) is 0 Å². The Kier molecular flexibility index (Phi) is 3.51. The van der Waals surface area contributed by atoms with Gasteiger partial charge in [0.25, 0.3) is 11.8 Å². The van der Waals surface area contributed by atoms with E-state index < -0.39 is 22.8 Å². The number of aliphatic hydroxyl groups is 1. The predicted octanol–water partition coefficient (Wildman–Crippen LogP) is 1.77. The van der Waals surface area contributed by atoms with Gasteiger partial charge >= 0.3 is 0 Å². The molecule has 1 spiro atoms. The quantitative estimate of drug-likeness (QED) is 0.720. The van der Waals surface area contributed by atoms with Gasteiger partial charge in [0.05, 0.1) is 17.6 Å². The third-order valence-electron chi connectivity index (χ3n) is 5.84. The van der Waals surface area contributed by atoms with Crippen LogP contribution in [0.15, 0.2) is 51.7 Å². The molecule has 0 fully saturated rings. The Morgan fingerprint density at radius 3 is 2.62 bits per heavy atom. The Morgan fingerprint density at radius 2 is 1.86 bits per heavy atom. The van der Waals surface area contributed by atoms with Crippen LogP contribution in [-0.2, 0) is 10.3 Å². The first-order chi connectivity index (χ1) is 13.9. The van der Waals surface area contributed by atoms with Crippen molar-refractivity contribution in [1.29, 1.82) is 0 Å². The van der Waals surface area contributed by atoms with Gasteiger partial charge in [0.15, 0.2) is 11.0 Å². The standard InChI is InChI=1S/C22H18N2O5/c1-12-7-8-16-13(11-12)18(26)17-19(29-16)20(27)24(9-10-25)22(17)14-5-3-4-6-15(14)23(2)21(22)28/h3-8,11,25H,9-10H2,1-2H3/t22-/m0/s1. The molecule has 2 aliphatic heterocycles. The Hall–Kier alpha value is -3.45. The highest BCUT2D eigenvalue weighted by atomic mass is 16.3. The molecule has 0 unspecified atom stereocenters. The van der Waals surface area contributed by atoms with Crippen LogP contribution in [-0.4, -0.2) is 42.0 Å². The third-order valence-corrected chi connectivity index (χ3v) is 5.84. The molecule has 2 amide bonds. The molecule has 3 heterocycles. The molecule has 146 valence electrons. The van der Waals surface area contributed by atoms with Crippen molar-refractivity contribution in [3.8, 4) is 0 Å². The minimum atomic E-state index is -1.64. The molecule has 1 atom stereocenters. The van der Waals surface area contributed by atoms with Gasteiger partial charge in [-0.05, 0) is 25.1 Å². The highest BCUT2D eigenvalue weighted by molar-refractivity contribution is 6.16. The van der Waals surface area contributed by atoms with E-state index in [4.69, 9.17) is 4.42 Å². The summed E-state index contributed by atoms with van der Waals surface area (Å²) in [5.74, 6) is -1.14. The molecule has 5 rings (SSSR count). The number of anilines is 1. The van der Waals surface area contributed by atoms with Crippen LogP contribution < -0.4 is 10.3 Å².